The molecule has 1 aromatic rings. The predicted molar refractivity (Wildman–Crippen MR) is 90.2 cm³/mol. The molecule has 2 aliphatic rings. The largest absolute Gasteiger partial charge is 0.314 e. The van der Waals surface area contributed by atoms with Crippen molar-refractivity contribution >= 4 is 24.8 Å². The van der Waals surface area contributed by atoms with Crippen molar-refractivity contribution in [3.05, 3.63) is 35.1 Å². The Morgan fingerprint density at radius 3 is 2.48 bits per heavy atom. The number of nitrogens with one attached hydrogen (secondary N) is 1. The second-order valence-corrected chi connectivity index (χ2v) is 5.99. The Morgan fingerprint density at radius 2 is 1.90 bits per heavy atom. The third-order valence-corrected chi connectivity index (χ3v) is 4.41. The van der Waals surface area contributed by atoms with Crippen LogP contribution in [0.1, 0.15) is 36.4 Å². The zero-order valence-corrected chi connectivity index (χ0v) is 14.1. The summed E-state index contributed by atoms with van der Waals surface area (Å²) >= 11 is 0. The molecule has 5 heteroatoms. The molecule has 120 valence electrons. The van der Waals surface area contributed by atoms with Crippen molar-refractivity contribution in [3.63, 3.8) is 0 Å². The van der Waals surface area contributed by atoms with Crippen molar-refractivity contribution in [1.82, 2.24) is 10.2 Å². The number of hydrogen-bond acceptors (Lipinski definition) is 2. The maximum absolute atomic E-state index is 13.5. The summed E-state index contributed by atoms with van der Waals surface area (Å²) < 4.78 is 13.5. The van der Waals surface area contributed by atoms with Crippen molar-refractivity contribution in [2.75, 3.05) is 26.2 Å². The minimum absolute atomic E-state index is 0. The van der Waals surface area contributed by atoms with E-state index in [4.69, 9.17) is 0 Å². The highest BCUT2D eigenvalue weighted by Crippen LogP contribution is 2.40. The zero-order valence-electron chi connectivity index (χ0n) is 12.5. The van der Waals surface area contributed by atoms with Crippen LogP contribution >= 0.6 is 24.8 Å². The van der Waals surface area contributed by atoms with Crippen LogP contribution in [0.5, 0.6) is 0 Å². The minimum atomic E-state index is -0.0887. The molecule has 1 atom stereocenters. The number of nitrogens with zero attached hydrogens (tertiary/aromatic N) is 1. The van der Waals surface area contributed by atoms with E-state index in [-0.39, 0.29) is 30.6 Å². The molecule has 0 bridgehead atoms. The highest BCUT2D eigenvalue weighted by molar-refractivity contribution is 5.85. The van der Waals surface area contributed by atoms with Crippen LogP contribution in [0.25, 0.3) is 0 Å². The van der Waals surface area contributed by atoms with Gasteiger partial charge in [-0.1, -0.05) is 25.0 Å². The summed E-state index contributed by atoms with van der Waals surface area (Å²) in [6.45, 7) is 6.22. The van der Waals surface area contributed by atoms with Crippen LogP contribution in [0.2, 0.25) is 0 Å². The fourth-order valence-electron chi connectivity index (χ4n) is 3.03. The summed E-state index contributed by atoms with van der Waals surface area (Å²) in [5.41, 5.74) is 2.07. The number of benzene rings is 1. The maximum Gasteiger partial charge on any atom is 0.126 e. The van der Waals surface area contributed by atoms with Gasteiger partial charge in [0.25, 0.3) is 0 Å². The molecule has 1 saturated carbocycles. The first kappa shape index (κ1) is 18.7. The van der Waals surface area contributed by atoms with Gasteiger partial charge in [0.15, 0.2) is 0 Å². The fourth-order valence-corrected chi connectivity index (χ4v) is 3.03. The Kier molecular flexibility index (Phi) is 7.41. The average molecular weight is 335 g/mol. The predicted octanol–water partition coefficient (Wildman–Crippen LogP) is 3.72. The van der Waals surface area contributed by atoms with Crippen molar-refractivity contribution in [1.29, 1.82) is 0 Å². The van der Waals surface area contributed by atoms with Gasteiger partial charge in [-0.15, -0.1) is 24.8 Å². The smallest absolute Gasteiger partial charge is 0.126 e. The van der Waals surface area contributed by atoms with Gasteiger partial charge < -0.3 is 5.32 Å². The maximum atomic E-state index is 13.5. The van der Waals surface area contributed by atoms with E-state index in [0.717, 1.165) is 37.7 Å². The summed E-state index contributed by atoms with van der Waals surface area (Å²) in [7, 11) is 0. The second kappa shape index (κ2) is 8.33. The lowest BCUT2D eigenvalue weighted by Gasteiger charge is -2.35. The first-order valence-corrected chi connectivity index (χ1v) is 7.45. The van der Waals surface area contributed by atoms with Crippen molar-refractivity contribution in [2.45, 2.75) is 32.2 Å². The molecular weight excluding hydrogens is 310 g/mol. The molecule has 1 N–H and O–H groups in total. The highest BCUT2D eigenvalue weighted by Gasteiger charge is 2.30. The van der Waals surface area contributed by atoms with Crippen LogP contribution in [0, 0.1) is 18.7 Å². The Labute approximate surface area is 139 Å². The third kappa shape index (κ3) is 4.82. The lowest BCUT2D eigenvalue weighted by molar-refractivity contribution is 0.160. The molecule has 21 heavy (non-hydrogen) atoms. The Hall–Kier alpha value is -0.350. The van der Waals surface area contributed by atoms with Crippen LogP contribution in [0.4, 0.5) is 4.39 Å². The standard InChI is InChI=1S/C16H23FN2.2ClH/c1-12-10-14(4-5-15(12)17)16(11-13-2-3-13)19-8-6-18-7-9-19;;/h4-5,10,13,16,18H,2-3,6-9,11H2,1H3;2*1H/t16-;;/m0../s1. The van der Waals surface area contributed by atoms with E-state index in [1.807, 2.05) is 19.1 Å². The quantitative estimate of drug-likeness (QED) is 0.902. The topological polar surface area (TPSA) is 15.3 Å². The van der Waals surface area contributed by atoms with Crippen LogP contribution < -0.4 is 5.32 Å². The van der Waals surface area contributed by atoms with Crippen LogP contribution in [0.15, 0.2) is 18.2 Å². The van der Waals surface area contributed by atoms with Crippen LogP contribution in [-0.4, -0.2) is 31.1 Å². The number of halogens is 3. The monoisotopic (exact) mass is 334 g/mol. The van der Waals surface area contributed by atoms with Gasteiger partial charge in [0.2, 0.25) is 0 Å². The van der Waals surface area contributed by atoms with Crippen LogP contribution in [0.3, 0.4) is 0 Å². The first-order valence-electron chi connectivity index (χ1n) is 7.45. The molecule has 0 amide bonds. The number of hydrogen-bond donors (Lipinski definition) is 1. The van der Waals surface area contributed by atoms with E-state index in [9.17, 15) is 4.39 Å². The van der Waals surface area contributed by atoms with Gasteiger partial charge >= 0.3 is 0 Å². The number of piperazine rings is 1. The first-order chi connectivity index (χ1) is 9.24. The van der Waals surface area contributed by atoms with E-state index in [1.54, 1.807) is 6.07 Å². The normalized spacial score (nSPS) is 20.3. The number of aryl methyl sites for hydroxylation is 1. The molecule has 2 fully saturated rings. The highest BCUT2D eigenvalue weighted by atomic mass is 35.5. The molecule has 1 saturated heterocycles. The summed E-state index contributed by atoms with van der Waals surface area (Å²) in [4.78, 5) is 2.57. The molecule has 1 aromatic carbocycles. The lowest BCUT2D eigenvalue weighted by Crippen LogP contribution is -2.45. The molecule has 1 aliphatic heterocycles. The summed E-state index contributed by atoms with van der Waals surface area (Å²) in [6, 6.07) is 6.14. The van der Waals surface area contributed by atoms with E-state index in [1.165, 1.54) is 24.8 Å². The van der Waals surface area contributed by atoms with Gasteiger partial charge in [-0.3, -0.25) is 4.90 Å². The molecule has 0 spiro atoms. The summed E-state index contributed by atoms with van der Waals surface area (Å²) in [6.07, 6.45) is 4.00. The molecule has 1 heterocycles. The van der Waals surface area contributed by atoms with Crippen LogP contribution in [-0.2, 0) is 0 Å². The Morgan fingerprint density at radius 1 is 1.24 bits per heavy atom. The minimum Gasteiger partial charge on any atom is -0.314 e. The molecule has 0 aromatic heterocycles. The fraction of sp³-hybridized carbons (Fsp3) is 0.625. The van der Waals surface area contributed by atoms with Crippen molar-refractivity contribution < 1.29 is 4.39 Å². The van der Waals surface area contributed by atoms with Gasteiger partial charge in [0.1, 0.15) is 5.82 Å². The van der Waals surface area contributed by atoms with Gasteiger partial charge in [-0.05, 0) is 36.5 Å². The van der Waals surface area contributed by atoms with E-state index >= 15 is 0 Å². The molecule has 0 unspecified atom stereocenters. The molecule has 3 rings (SSSR count). The average Bonchev–Trinajstić information content (AvgIpc) is 3.24. The van der Waals surface area contributed by atoms with Gasteiger partial charge in [0.05, 0.1) is 0 Å². The van der Waals surface area contributed by atoms with E-state index in [2.05, 4.69) is 10.2 Å². The molecular formula is C16H25Cl2FN2. The second-order valence-electron chi connectivity index (χ2n) is 5.99. The van der Waals surface area contributed by atoms with Gasteiger partial charge in [-0.25, -0.2) is 4.39 Å². The van der Waals surface area contributed by atoms with E-state index in [0.29, 0.717) is 6.04 Å². The summed E-state index contributed by atoms with van der Waals surface area (Å²) in [5, 5.41) is 3.41. The lowest BCUT2D eigenvalue weighted by atomic mass is 9.97. The van der Waals surface area contributed by atoms with Crippen molar-refractivity contribution in [3.8, 4) is 0 Å². The summed E-state index contributed by atoms with van der Waals surface area (Å²) in [5.74, 6) is 0.805. The van der Waals surface area contributed by atoms with Gasteiger partial charge in [-0.2, -0.15) is 0 Å². The van der Waals surface area contributed by atoms with Gasteiger partial charge in [0, 0.05) is 32.2 Å². The zero-order chi connectivity index (χ0) is 13.2. The van der Waals surface area contributed by atoms with Crippen molar-refractivity contribution in [2.24, 2.45) is 5.92 Å². The molecule has 0 radical (unpaired) electrons. The SMILES string of the molecule is Cc1cc([C@H](CC2CC2)N2CCNCC2)ccc1F.Cl.Cl. The molecule has 2 nitrogen and oxygen atoms in total. The third-order valence-electron chi connectivity index (χ3n) is 4.41. The number of rotatable bonds is 4. The Bertz CT molecular complexity index is 446. The Balaban J connectivity index is 0.00000110. The van der Waals surface area contributed by atoms with E-state index < -0.39 is 0 Å². The molecule has 1 aliphatic carbocycles.